The zero-order chi connectivity index (χ0) is 21.0. The molecule has 6 rings (SSSR count). The number of pyridine rings is 1. The minimum Gasteiger partial charge on any atom is -0.378 e. The van der Waals surface area contributed by atoms with E-state index in [-0.39, 0.29) is 5.60 Å². The van der Waals surface area contributed by atoms with Crippen LogP contribution in [0.15, 0.2) is 6.33 Å². The lowest BCUT2D eigenvalue weighted by Crippen LogP contribution is -2.40. The number of thiophene rings is 1. The SMILES string of the molecule is CC[C@@]1(C)Cc2c(c(N3CCOCC3)nc3sc4c(N5CCCC5)ncnc4c23)CO1. The van der Waals surface area contributed by atoms with Gasteiger partial charge in [-0.05, 0) is 31.7 Å². The third-order valence-electron chi connectivity index (χ3n) is 7.16. The van der Waals surface area contributed by atoms with Gasteiger partial charge in [-0.2, -0.15) is 0 Å². The summed E-state index contributed by atoms with van der Waals surface area (Å²) in [6.45, 7) is 10.5. The van der Waals surface area contributed by atoms with Crippen molar-refractivity contribution in [3.05, 3.63) is 17.5 Å². The fourth-order valence-electron chi connectivity index (χ4n) is 5.12. The third-order valence-corrected chi connectivity index (χ3v) is 8.23. The van der Waals surface area contributed by atoms with Crippen LogP contribution in [0, 0.1) is 0 Å². The molecule has 0 aliphatic carbocycles. The van der Waals surface area contributed by atoms with E-state index in [9.17, 15) is 0 Å². The molecule has 8 heteroatoms. The number of rotatable bonds is 3. The topological polar surface area (TPSA) is 63.6 Å². The van der Waals surface area contributed by atoms with E-state index >= 15 is 0 Å². The molecule has 2 saturated heterocycles. The van der Waals surface area contributed by atoms with Crippen molar-refractivity contribution in [1.29, 1.82) is 0 Å². The molecule has 0 amide bonds. The molecule has 0 N–H and O–H groups in total. The Bertz CT molecular complexity index is 1140. The maximum atomic E-state index is 6.38. The van der Waals surface area contributed by atoms with E-state index in [2.05, 4.69) is 23.6 Å². The third kappa shape index (κ3) is 3.18. The first kappa shape index (κ1) is 19.6. The summed E-state index contributed by atoms with van der Waals surface area (Å²) < 4.78 is 13.2. The maximum Gasteiger partial charge on any atom is 0.150 e. The number of fused-ring (bicyclic) bond motifs is 5. The number of ether oxygens (including phenoxy) is 2. The van der Waals surface area contributed by atoms with Gasteiger partial charge in [-0.3, -0.25) is 0 Å². The molecule has 1 atom stereocenters. The number of hydrogen-bond donors (Lipinski definition) is 0. The van der Waals surface area contributed by atoms with E-state index in [0.717, 1.165) is 74.2 Å². The Hall–Kier alpha value is -2.03. The van der Waals surface area contributed by atoms with Crippen molar-refractivity contribution in [1.82, 2.24) is 15.0 Å². The highest BCUT2D eigenvalue weighted by molar-refractivity contribution is 7.26. The van der Waals surface area contributed by atoms with Crippen LogP contribution in [-0.4, -0.2) is 59.9 Å². The molecular formula is C23H29N5O2S. The van der Waals surface area contributed by atoms with Gasteiger partial charge in [-0.25, -0.2) is 15.0 Å². The van der Waals surface area contributed by atoms with E-state index < -0.39 is 0 Å². The van der Waals surface area contributed by atoms with Crippen LogP contribution in [0.5, 0.6) is 0 Å². The lowest BCUT2D eigenvalue weighted by atomic mass is 9.87. The lowest BCUT2D eigenvalue weighted by molar-refractivity contribution is -0.0558. The predicted molar refractivity (Wildman–Crippen MR) is 124 cm³/mol. The second-order valence-electron chi connectivity index (χ2n) is 9.11. The molecule has 3 aliphatic rings. The highest BCUT2D eigenvalue weighted by Gasteiger charge is 2.35. The summed E-state index contributed by atoms with van der Waals surface area (Å²) >= 11 is 1.76. The Morgan fingerprint density at radius 1 is 1.03 bits per heavy atom. The quantitative estimate of drug-likeness (QED) is 0.613. The Morgan fingerprint density at radius 3 is 2.58 bits per heavy atom. The van der Waals surface area contributed by atoms with Gasteiger partial charge in [-0.15, -0.1) is 11.3 Å². The maximum absolute atomic E-state index is 6.38. The fraction of sp³-hybridized carbons (Fsp3) is 0.609. The van der Waals surface area contributed by atoms with Crippen molar-refractivity contribution in [2.75, 3.05) is 49.2 Å². The number of hydrogen-bond acceptors (Lipinski definition) is 8. The molecule has 164 valence electrons. The smallest absolute Gasteiger partial charge is 0.150 e. The van der Waals surface area contributed by atoms with Crippen LogP contribution in [0.25, 0.3) is 20.4 Å². The van der Waals surface area contributed by atoms with Crippen molar-refractivity contribution >= 4 is 43.4 Å². The molecule has 3 aromatic heterocycles. The number of morpholine rings is 1. The summed E-state index contributed by atoms with van der Waals surface area (Å²) in [7, 11) is 0. The minimum absolute atomic E-state index is 0.150. The molecule has 0 aromatic carbocycles. The zero-order valence-corrected chi connectivity index (χ0v) is 19.1. The molecule has 0 bridgehead atoms. The Morgan fingerprint density at radius 2 is 1.81 bits per heavy atom. The van der Waals surface area contributed by atoms with Crippen molar-refractivity contribution in [2.45, 2.75) is 51.7 Å². The molecule has 2 fully saturated rings. The normalized spacial score (nSPS) is 24.3. The van der Waals surface area contributed by atoms with Gasteiger partial charge in [0.15, 0.2) is 0 Å². The highest BCUT2D eigenvalue weighted by Crippen LogP contribution is 2.45. The summed E-state index contributed by atoms with van der Waals surface area (Å²) in [6, 6.07) is 0. The van der Waals surface area contributed by atoms with Gasteiger partial charge in [0.25, 0.3) is 0 Å². The van der Waals surface area contributed by atoms with Crippen LogP contribution in [0.4, 0.5) is 11.6 Å². The molecule has 3 aliphatic heterocycles. The second kappa shape index (κ2) is 7.53. The predicted octanol–water partition coefficient (Wildman–Crippen LogP) is 3.92. The molecule has 6 heterocycles. The van der Waals surface area contributed by atoms with E-state index in [0.29, 0.717) is 6.61 Å². The van der Waals surface area contributed by atoms with Crippen LogP contribution in [0.3, 0.4) is 0 Å². The summed E-state index contributed by atoms with van der Waals surface area (Å²) in [6.07, 6.45) is 6.08. The van der Waals surface area contributed by atoms with Crippen molar-refractivity contribution in [3.8, 4) is 0 Å². The van der Waals surface area contributed by atoms with E-state index in [1.165, 1.54) is 34.1 Å². The second-order valence-corrected chi connectivity index (χ2v) is 10.1. The highest BCUT2D eigenvalue weighted by atomic mass is 32.1. The van der Waals surface area contributed by atoms with Crippen LogP contribution in [0.2, 0.25) is 0 Å². The lowest BCUT2D eigenvalue weighted by Gasteiger charge is -2.37. The molecule has 0 unspecified atom stereocenters. The van der Waals surface area contributed by atoms with Gasteiger partial charge in [0.05, 0.1) is 35.6 Å². The first-order chi connectivity index (χ1) is 15.2. The Kier molecular flexibility index (Phi) is 4.77. The first-order valence-corrected chi connectivity index (χ1v) is 12.3. The van der Waals surface area contributed by atoms with Crippen molar-refractivity contribution in [3.63, 3.8) is 0 Å². The molecule has 0 radical (unpaired) electrons. The monoisotopic (exact) mass is 439 g/mol. The van der Waals surface area contributed by atoms with Gasteiger partial charge >= 0.3 is 0 Å². The van der Waals surface area contributed by atoms with Crippen molar-refractivity contribution in [2.24, 2.45) is 0 Å². The first-order valence-electron chi connectivity index (χ1n) is 11.5. The van der Waals surface area contributed by atoms with E-state index in [1.54, 1.807) is 17.7 Å². The zero-order valence-electron chi connectivity index (χ0n) is 18.3. The van der Waals surface area contributed by atoms with Gasteiger partial charge < -0.3 is 19.3 Å². The molecular weight excluding hydrogens is 410 g/mol. The molecule has 7 nitrogen and oxygen atoms in total. The standard InChI is InChI=1S/C23H29N5O2S/c1-3-23(2)12-15-16(13-30-23)20(28-8-10-29-11-9-28)26-22-17(15)18-19(31-22)21(25-14-24-18)27-6-4-5-7-27/h14H,3-13H2,1-2H3/t23-/m0/s1. The summed E-state index contributed by atoms with van der Waals surface area (Å²) in [5, 5.41) is 1.22. The molecule has 31 heavy (non-hydrogen) atoms. The summed E-state index contributed by atoms with van der Waals surface area (Å²) in [5.41, 5.74) is 3.53. The average Bonchev–Trinajstić information content (AvgIpc) is 3.47. The Balaban J connectivity index is 1.60. The van der Waals surface area contributed by atoms with Gasteiger partial charge in [-0.1, -0.05) is 6.92 Å². The molecule has 3 aromatic rings. The average molecular weight is 440 g/mol. The summed E-state index contributed by atoms with van der Waals surface area (Å²) in [5.74, 6) is 2.16. The fourth-order valence-corrected chi connectivity index (χ4v) is 6.29. The molecule has 0 spiro atoms. The van der Waals surface area contributed by atoms with Crippen LogP contribution in [0.1, 0.15) is 44.2 Å². The summed E-state index contributed by atoms with van der Waals surface area (Å²) in [4.78, 5) is 20.6. The number of nitrogens with zero attached hydrogens (tertiary/aromatic N) is 5. The van der Waals surface area contributed by atoms with Gasteiger partial charge in [0.1, 0.15) is 22.8 Å². The van der Waals surface area contributed by atoms with E-state index in [4.69, 9.17) is 24.4 Å². The largest absolute Gasteiger partial charge is 0.378 e. The van der Waals surface area contributed by atoms with Crippen LogP contribution < -0.4 is 9.80 Å². The van der Waals surface area contributed by atoms with Gasteiger partial charge in [0, 0.05) is 43.5 Å². The minimum atomic E-state index is -0.150. The van der Waals surface area contributed by atoms with E-state index in [1.807, 2.05) is 0 Å². The van der Waals surface area contributed by atoms with Crippen LogP contribution in [-0.2, 0) is 22.5 Å². The van der Waals surface area contributed by atoms with Gasteiger partial charge in [0.2, 0.25) is 0 Å². The number of anilines is 2. The van der Waals surface area contributed by atoms with Crippen LogP contribution >= 0.6 is 11.3 Å². The van der Waals surface area contributed by atoms with Crippen molar-refractivity contribution < 1.29 is 9.47 Å². The molecule has 0 saturated carbocycles. The Labute approximate surface area is 186 Å². The number of aromatic nitrogens is 3.